The van der Waals surface area contributed by atoms with Crippen molar-refractivity contribution in [3.8, 4) is 5.75 Å². The topological polar surface area (TPSA) is 50.4 Å². The van der Waals surface area contributed by atoms with Crippen LogP contribution in [0.3, 0.4) is 0 Å². The van der Waals surface area contributed by atoms with Gasteiger partial charge in [0.15, 0.2) is 10.9 Å². The second kappa shape index (κ2) is 7.92. The summed E-state index contributed by atoms with van der Waals surface area (Å²) in [5.74, 6) is 0.940. The van der Waals surface area contributed by atoms with E-state index in [1.54, 1.807) is 0 Å². The van der Waals surface area contributed by atoms with Gasteiger partial charge in [-0.2, -0.15) is 0 Å². The van der Waals surface area contributed by atoms with Gasteiger partial charge in [-0.1, -0.05) is 60.7 Å². The molecule has 1 unspecified atom stereocenters. The monoisotopic (exact) mass is 414 g/mol. The maximum atomic E-state index is 12.9. The molecule has 5 rings (SSSR count). The van der Waals surface area contributed by atoms with Crippen molar-refractivity contribution in [1.82, 2.24) is 10.6 Å². The van der Waals surface area contributed by atoms with Crippen LogP contribution in [-0.4, -0.2) is 10.9 Å². The number of hydrogen-bond acceptors (Lipinski definition) is 3. The zero-order valence-electron chi connectivity index (χ0n) is 16.5. The maximum Gasteiger partial charge on any atom is 0.171 e. The zero-order chi connectivity index (χ0) is 20.5. The fourth-order valence-corrected chi connectivity index (χ4v) is 4.60. The van der Waals surface area contributed by atoms with Crippen molar-refractivity contribution in [2.75, 3.05) is 0 Å². The van der Waals surface area contributed by atoms with Crippen LogP contribution < -0.4 is 15.4 Å². The molecule has 4 nitrogen and oxygen atoms in total. The number of ketones is 1. The summed E-state index contributed by atoms with van der Waals surface area (Å²) in [6, 6.07) is 22.0. The highest BCUT2D eigenvalue weighted by atomic mass is 32.1. The van der Waals surface area contributed by atoms with Crippen LogP contribution in [0.15, 0.2) is 78.0 Å². The highest BCUT2D eigenvalue weighted by Crippen LogP contribution is 2.41. The van der Waals surface area contributed by atoms with E-state index in [9.17, 15) is 4.79 Å². The maximum absolute atomic E-state index is 12.9. The molecule has 2 N–H and O–H groups in total. The number of hydrogen-bond donors (Lipinski definition) is 2. The molecule has 5 heteroatoms. The molecular weight excluding hydrogens is 392 g/mol. The fraction of sp³-hybridized carbons (Fsp3) is 0.200. The summed E-state index contributed by atoms with van der Waals surface area (Å²) in [6.45, 7) is 0.460. The molecule has 1 aliphatic heterocycles. The Labute approximate surface area is 180 Å². The first-order chi connectivity index (χ1) is 14.7. The van der Waals surface area contributed by atoms with Crippen LogP contribution in [0.5, 0.6) is 5.75 Å². The highest BCUT2D eigenvalue weighted by molar-refractivity contribution is 7.80. The first kappa shape index (κ1) is 18.8. The Morgan fingerprint density at radius 2 is 1.77 bits per heavy atom. The van der Waals surface area contributed by atoms with Crippen molar-refractivity contribution in [3.63, 3.8) is 0 Å². The average Bonchev–Trinajstić information content (AvgIpc) is 2.77. The van der Waals surface area contributed by atoms with Crippen molar-refractivity contribution in [2.45, 2.75) is 31.9 Å². The van der Waals surface area contributed by atoms with Gasteiger partial charge in [0, 0.05) is 23.3 Å². The Morgan fingerprint density at radius 3 is 2.63 bits per heavy atom. The van der Waals surface area contributed by atoms with E-state index in [2.05, 4.69) is 28.8 Å². The SMILES string of the molecule is O=C1CCCC2=C1C(c1c(OCc3ccccc3)ccc3ccccc13)NC(=S)N2. The number of ether oxygens (including phenoxy) is 1. The smallest absolute Gasteiger partial charge is 0.171 e. The molecule has 30 heavy (non-hydrogen) atoms. The molecule has 0 saturated carbocycles. The number of benzene rings is 3. The molecule has 0 saturated heterocycles. The van der Waals surface area contributed by atoms with Crippen molar-refractivity contribution in [3.05, 3.63) is 89.1 Å². The number of allylic oxidation sites excluding steroid dienone is 1. The van der Waals surface area contributed by atoms with Crippen LogP contribution in [0.1, 0.15) is 36.4 Å². The normalized spacial score (nSPS) is 18.6. The Bertz CT molecular complexity index is 1170. The summed E-state index contributed by atoms with van der Waals surface area (Å²) in [6.07, 6.45) is 2.26. The first-order valence-electron chi connectivity index (χ1n) is 10.2. The van der Waals surface area contributed by atoms with Gasteiger partial charge in [-0.05, 0) is 47.5 Å². The summed E-state index contributed by atoms with van der Waals surface area (Å²) < 4.78 is 6.30. The molecule has 3 aromatic rings. The number of fused-ring (bicyclic) bond motifs is 1. The van der Waals surface area contributed by atoms with Gasteiger partial charge in [0.05, 0.1) is 6.04 Å². The lowest BCUT2D eigenvalue weighted by molar-refractivity contribution is -0.116. The lowest BCUT2D eigenvalue weighted by atomic mass is 9.83. The lowest BCUT2D eigenvalue weighted by Gasteiger charge is -2.35. The fourth-order valence-electron chi connectivity index (χ4n) is 4.36. The minimum absolute atomic E-state index is 0.172. The number of nitrogens with one attached hydrogen (secondary N) is 2. The summed E-state index contributed by atoms with van der Waals surface area (Å²) >= 11 is 5.49. The Hall–Kier alpha value is -3.18. The lowest BCUT2D eigenvalue weighted by Crippen LogP contribution is -2.46. The van der Waals surface area contributed by atoms with Gasteiger partial charge in [-0.3, -0.25) is 4.79 Å². The third-order valence-electron chi connectivity index (χ3n) is 5.74. The summed E-state index contributed by atoms with van der Waals surface area (Å²) in [5, 5.41) is 9.29. The van der Waals surface area contributed by atoms with Crippen molar-refractivity contribution >= 4 is 33.9 Å². The van der Waals surface area contributed by atoms with Crippen LogP contribution in [0.25, 0.3) is 10.8 Å². The van der Waals surface area contributed by atoms with Gasteiger partial charge in [-0.25, -0.2) is 0 Å². The predicted octanol–water partition coefficient (Wildman–Crippen LogP) is 4.94. The zero-order valence-corrected chi connectivity index (χ0v) is 17.3. The first-order valence-corrected chi connectivity index (χ1v) is 10.6. The molecule has 0 bridgehead atoms. The quantitative estimate of drug-likeness (QED) is 0.592. The second-order valence-corrected chi connectivity index (χ2v) is 8.08. The van der Waals surface area contributed by atoms with Gasteiger partial charge in [-0.15, -0.1) is 0 Å². The molecule has 3 aromatic carbocycles. The van der Waals surface area contributed by atoms with Gasteiger partial charge < -0.3 is 15.4 Å². The van der Waals surface area contributed by atoms with Crippen LogP contribution >= 0.6 is 12.2 Å². The minimum atomic E-state index is -0.321. The Kier molecular flexibility index (Phi) is 4.97. The molecule has 2 aliphatic rings. The molecular formula is C25H22N2O2S. The molecule has 150 valence electrons. The van der Waals surface area contributed by atoms with E-state index in [0.717, 1.165) is 51.8 Å². The van der Waals surface area contributed by atoms with Crippen LogP contribution in [0.4, 0.5) is 0 Å². The number of Topliss-reactive ketones (excluding diaryl/α,β-unsaturated/α-hetero) is 1. The minimum Gasteiger partial charge on any atom is -0.489 e. The number of rotatable bonds is 4. The number of thiocarbonyl (C=S) groups is 1. The van der Waals surface area contributed by atoms with Crippen LogP contribution in [0.2, 0.25) is 0 Å². The van der Waals surface area contributed by atoms with E-state index in [-0.39, 0.29) is 11.8 Å². The van der Waals surface area contributed by atoms with Crippen LogP contribution in [-0.2, 0) is 11.4 Å². The van der Waals surface area contributed by atoms with Gasteiger partial charge in [0.25, 0.3) is 0 Å². The third kappa shape index (κ3) is 3.46. The predicted molar refractivity (Wildman–Crippen MR) is 122 cm³/mol. The highest BCUT2D eigenvalue weighted by Gasteiger charge is 2.35. The van der Waals surface area contributed by atoms with Gasteiger partial charge >= 0.3 is 0 Å². The third-order valence-corrected chi connectivity index (χ3v) is 5.96. The molecule has 0 fully saturated rings. The van der Waals surface area contributed by atoms with Gasteiger partial charge in [0.1, 0.15) is 12.4 Å². The number of carbonyl (C=O) groups excluding carboxylic acids is 1. The van der Waals surface area contributed by atoms with E-state index in [1.165, 1.54) is 0 Å². The summed E-state index contributed by atoms with van der Waals surface area (Å²) in [7, 11) is 0. The second-order valence-electron chi connectivity index (χ2n) is 7.67. The Balaban J connectivity index is 1.64. The van der Waals surface area contributed by atoms with E-state index in [4.69, 9.17) is 17.0 Å². The van der Waals surface area contributed by atoms with Gasteiger partial charge in [0.2, 0.25) is 0 Å². The molecule has 1 aliphatic carbocycles. The van der Waals surface area contributed by atoms with E-state index < -0.39 is 0 Å². The largest absolute Gasteiger partial charge is 0.489 e. The van der Waals surface area contributed by atoms with Crippen molar-refractivity contribution in [1.29, 1.82) is 0 Å². The van der Waals surface area contributed by atoms with E-state index >= 15 is 0 Å². The molecule has 0 spiro atoms. The standard InChI is InChI=1S/C25H22N2O2S/c28-20-12-6-11-19-23(20)24(27-25(30)26-19)22-18-10-5-4-9-17(18)13-14-21(22)29-15-16-7-2-1-3-8-16/h1-5,7-10,13-14,24H,6,11-12,15H2,(H2,26,27,30). The molecule has 1 atom stereocenters. The molecule has 0 radical (unpaired) electrons. The van der Waals surface area contributed by atoms with E-state index in [0.29, 0.717) is 18.1 Å². The van der Waals surface area contributed by atoms with E-state index in [1.807, 2.05) is 48.5 Å². The van der Waals surface area contributed by atoms with Crippen LogP contribution in [0, 0.1) is 0 Å². The summed E-state index contributed by atoms with van der Waals surface area (Å²) in [4.78, 5) is 12.9. The Morgan fingerprint density at radius 1 is 0.967 bits per heavy atom. The average molecular weight is 415 g/mol. The molecule has 0 amide bonds. The van der Waals surface area contributed by atoms with Crippen molar-refractivity contribution in [2.24, 2.45) is 0 Å². The molecule has 0 aromatic heterocycles. The summed E-state index contributed by atoms with van der Waals surface area (Å²) in [5.41, 5.74) is 3.80. The molecule has 1 heterocycles. The number of carbonyl (C=O) groups is 1. The van der Waals surface area contributed by atoms with Crippen molar-refractivity contribution < 1.29 is 9.53 Å².